The molecule has 2 aromatic carbocycles. The van der Waals surface area contributed by atoms with E-state index in [0.29, 0.717) is 55.4 Å². The highest BCUT2D eigenvalue weighted by molar-refractivity contribution is 7.89. The minimum Gasteiger partial charge on any atom is -0.491 e. The average Bonchev–Trinajstić information content (AvgIpc) is 2.84. The maximum absolute atomic E-state index is 13.0. The lowest BCUT2D eigenvalue weighted by Gasteiger charge is -2.18. The van der Waals surface area contributed by atoms with Gasteiger partial charge in [-0.15, -0.1) is 0 Å². The van der Waals surface area contributed by atoms with Gasteiger partial charge in [0.25, 0.3) is 5.91 Å². The molecule has 1 aromatic heterocycles. The Morgan fingerprint density at radius 2 is 1.85 bits per heavy atom. The Hall–Kier alpha value is -3.54. The van der Waals surface area contributed by atoms with Crippen molar-refractivity contribution in [3.63, 3.8) is 0 Å². The Morgan fingerprint density at radius 1 is 1.09 bits per heavy atom. The first-order chi connectivity index (χ1) is 16.4. The van der Waals surface area contributed by atoms with Gasteiger partial charge in [-0.1, -0.05) is 24.3 Å². The van der Waals surface area contributed by atoms with Crippen molar-refractivity contribution in [1.29, 1.82) is 0 Å². The van der Waals surface area contributed by atoms with E-state index in [1.165, 1.54) is 22.6 Å². The molecule has 11 heteroatoms. The summed E-state index contributed by atoms with van der Waals surface area (Å²) in [5.74, 6) is -0.0252. The van der Waals surface area contributed by atoms with E-state index >= 15 is 0 Å². The van der Waals surface area contributed by atoms with Gasteiger partial charge in [-0.25, -0.2) is 18.4 Å². The Bertz CT molecular complexity index is 1280. The summed E-state index contributed by atoms with van der Waals surface area (Å²) in [7, 11) is -2.09. The SMILES string of the molecule is CN1CCNCCCOc2ccccc2NC(=O)c2nc(cnc2N)-c2ccc(cc2)S1(=O)=O. The van der Waals surface area contributed by atoms with Gasteiger partial charge in [0.05, 0.1) is 29.1 Å². The largest absolute Gasteiger partial charge is 0.491 e. The van der Waals surface area contributed by atoms with Crippen LogP contribution in [0.5, 0.6) is 5.75 Å². The Kier molecular flexibility index (Phi) is 7.06. The monoisotopic (exact) mass is 482 g/mol. The average molecular weight is 483 g/mol. The van der Waals surface area contributed by atoms with Gasteiger partial charge in [0.15, 0.2) is 11.5 Å². The molecule has 0 unspecified atom stereocenters. The van der Waals surface area contributed by atoms with Crippen molar-refractivity contribution in [2.24, 2.45) is 0 Å². The lowest BCUT2D eigenvalue weighted by atomic mass is 10.1. The van der Waals surface area contributed by atoms with E-state index in [4.69, 9.17) is 10.5 Å². The number of para-hydroxylation sites is 2. The molecular formula is C23H26N6O4S. The number of fused-ring (bicyclic) bond motifs is 11. The summed E-state index contributed by atoms with van der Waals surface area (Å²) >= 11 is 0. The Balaban J connectivity index is 1.70. The summed E-state index contributed by atoms with van der Waals surface area (Å²) in [6.07, 6.45) is 2.14. The van der Waals surface area contributed by atoms with E-state index in [1.807, 2.05) is 6.07 Å². The third-order valence-electron chi connectivity index (χ3n) is 5.37. The minimum atomic E-state index is -3.64. The molecular weight excluding hydrogens is 456 g/mol. The van der Waals surface area contributed by atoms with Crippen LogP contribution in [0.1, 0.15) is 16.9 Å². The summed E-state index contributed by atoms with van der Waals surface area (Å²) in [6.45, 7) is 1.89. The first-order valence-corrected chi connectivity index (χ1v) is 12.2. The zero-order valence-corrected chi connectivity index (χ0v) is 19.5. The highest BCUT2D eigenvalue weighted by Gasteiger charge is 2.21. The van der Waals surface area contributed by atoms with E-state index in [1.54, 1.807) is 37.4 Å². The number of benzene rings is 2. The molecule has 10 nitrogen and oxygen atoms in total. The second-order valence-corrected chi connectivity index (χ2v) is 9.79. The van der Waals surface area contributed by atoms with Crippen LogP contribution in [0.3, 0.4) is 0 Å². The summed E-state index contributed by atoms with van der Waals surface area (Å²) in [4.78, 5) is 21.6. The molecule has 0 spiro atoms. The molecule has 34 heavy (non-hydrogen) atoms. The number of rotatable bonds is 0. The molecule has 178 valence electrons. The van der Waals surface area contributed by atoms with Gasteiger partial charge >= 0.3 is 0 Å². The van der Waals surface area contributed by atoms with Crippen molar-refractivity contribution in [2.45, 2.75) is 11.3 Å². The molecule has 5 rings (SSSR count). The highest BCUT2D eigenvalue weighted by Crippen LogP contribution is 2.26. The lowest BCUT2D eigenvalue weighted by Crippen LogP contribution is -2.34. The molecule has 0 saturated heterocycles. The molecule has 0 saturated carbocycles. The minimum absolute atomic E-state index is 0.0197. The number of amides is 1. The van der Waals surface area contributed by atoms with E-state index < -0.39 is 15.9 Å². The fraction of sp³-hybridized carbons (Fsp3) is 0.261. The molecule has 0 aliphatic carbocycles. The fourth-order valence-corrected chi connectivity index (χ4v) is 4.59. The number of carbonyl (C=O) groups excluding carboxylic acids is 1. The predicted octanol–water partition coefficient (Wildman–Crippen LogP) is 1.97. The van der Waals surface area contributed by atoms with Crippen molar-refractivity contribution >= 4 is 27.4 Å². The van der Waals surface area contributed by atoms with Gasteiger partial charge < -0.3 is 21.1 Å². The highest BCUT2D eigenvalue weighted by atomic mass is 32.2. The molecule has 0 atom stereocenters. The maximum Gasteiger partial charge on any atom is 0.278 e. The number of nitrogens with two attached hydrogens (primary N) is 1. The van der Waals surface area contributed by atoms with Crippen LogP contribution in [0.15, 0.2) is 59.6 Å². The van der Waals surface area contributed by atoms with Gasteiger partial charge in [-0.05, 0) is 37.2 Å². The molecule has 0 radical (unpaired) electrons. The topological polar surface area (TPSA) is 140 Å². The van der Waals surface area contributed by atoms with Crippen LogP contribution in [0.2, 0.25) is 0 Å². The van der Waals surface area contributed by atoms with E-state index in [-0.39, 0.29) is 16.4 Å². The van der Waals surface area contributed by atoms with Crippen LogP contribution in [-0.4, -0.2) is 61.9 Å². The smallest absolute Gasteiger partial charge is 0.278 e. The summed E-state index contributed by atoms with van der Waals surface area (Å²) in [5, 5.41) is 6.02. The maximum atomic E-state index is 13.0. The number of anilines is 2. The van der Waals surface area contributed by atoms with Gasteiger partial charge in [-0.3, -0.25) is 4.79 Å². The lowest BCUT2D eigenvalue weighted by molar-refractivity contribution is 0.102. The molecule has 3 heterocycles. The van der Waals surface area contributed by atoms with Crippen LogP contribution in [0.25, 0.3) is 11.3 Å². The number of likely N-dealkylation sites (N-methyl/N-ethyl adjacent to an activating group) is 1. The third kappa shape index (κ3) is 5.16. The number of nitrogen functional groups attached to an aromatic ring is 1. The predicted molar refractivity (Wildman–Crippen MR) is 129 cm³/mol. The molecule has 4 bridgehead atoms. The van der Waals surface area contributed by atoms with Gasteiger partial charge in [0.2, 0.25) is 10.0 Å². The number of sulfonamides is 1. The Morgan fingerprint density at radius 3 is 2.65 bits per heavy atom. The standard InChI is InChI=1S/C23H26N6O4S/c1-29-13-12-25-11-4-14-33-20-6-3-2-5-18(20)28-23(30)21-22(24)26-15-19(27-21)16-7-9-17(10-8-16)34(29,31)32/h2-3,5-10,15,25H,4,11-14H2,1H3,(H2,24,26)(H,28,30). The van der Waals surface area contributed by atoms with E-state index in [2.05, 4.69) is 20.6 Å². The number of nitrogens with zero attached hydrogens (tertiary/aromatic N) is 3. The number of nitrogens with one attached hydrogen (secondary N) is 2. The summed E-state index contributed by atoms with van der Waals surface area (Å²) in [5.41, 5.74) is 7.38. The number of ether oxygens (including phenoxy) is 1. The van der Waals surface area contributed by atoms with Crippen molar-refractivity contribution in [3.05, 3.63) is 60.4 Å². The first-order valence-electron chi connectivity index (χ1n) is 10.8. The molecule has 1 amide bonds. The normalized spacial score (nSPS) is 17.3. The van der Waals surface area contributed by atoms with Crippen LogP contribution >= 0.6 is 0 Å². The number of hydrogen-bond donors (Lipinski definition) is 3. The summed E-state index contributed by atoms with van der Waals surface area (Å²) < 4.78 is 32.9. The molecule has 0 fully saturated rings. The van der Waals surface area contributed by atoms with Crippen molar-refractivity contribution in [3.8, 4) is 17.0 Å². The number of hydrogen-bond acceptors (Lipinski definition) is 8. The zero-order valence-electron chi connectivity index (χ0n) is 18.7. The van der Waals surface area contributed by atoms with Crippen LogP contribution in [-0.2, 0) is 10.0 Å². The van der Waals surface area contributed by atoms with Crippen molar-refractivity contribution in [2.75, 3.05) is 44.3 Å². The molecule has 3 aromatic rings. The third-order valence-corrected chi connectivity index (χ3v) is 7.24. The van der Waals surface area contributed by atoms with E-state index in [9.17, 15) is 13.2 Å². The van der Waals surface area contributed by atoms with Gasteiger partial charge in [0, 0.05) is 25.7 Å². The van der Waals surface area contributed by atoms with Crippen LogP contribution in [0.4, 0.5) is 11.5 Å². The second-order valence-electron chi connectivity index (χ2n) is 7.74. The van der Waals surface area contributed by atoms with Crippen LogP contribution in [0, 0.1) is 0 Å². The van der Waals surface area contributed by atoms with Gasteiger partial charge in [0.1, 0.15) is 5.75 Å². The quantitative estimate of drug-likeness (QED) is 0.442. The van der Waals surface area contributed by atoms with Crippen LogP contribution < -0.4 is 21.1 Å². The first kappa shape index (κ1) is 23.6. The zero-order chi connectivity index (χ0) is 24.1. The number of carbonyl (C=O) groups is 1. The molecule has 2 aliphatic heterocycles. The van der Waals surface area contributed by atoms with Crippen molar-refractivity contribution in [1.82, 2.24) is 19.6 Å². The fourth-order valence-electron chi connectivity index (χ4n) is 3.42. The summed E-state index contributed by atoms with van der Waals surface area (Å²) in [6, 6.07) is 13.4. The Labute approximate surface area is 198 Å². The second kappa shape index (κ2) is 10.2. The van der Waals surface area contributed by atoms with E-state index in [0.717, 1.165) is 0 Å². The van der Waals surface area contributed by atoms with Gasteiger partial charge in [-0.2, -0.15) is 4.31 Å². The molecule has 2 aliphatic rings. The van der Waals surface area contributed by atoms with Crippen molar-refractivity contribution < 1.29 is 17.9 Å². The molecule has 4 N–H and O–H groups in total. The number of aromatic nitrogens is 2.